The summed E-state index contributed by atoms with van der Waals surface area (Å²) in [4.78, 5) is 16.8. The van der Waals surface area contributed by atoms with E-state index in [1.165, 1.54) is 219 Å². The lowest BCUT2D eigenvalue weighted by molar-refractivity contribution is 0.604. The number of unbranched alkanes of at least 4 members (excludes halogenated alkanes) is 20. The molecule has 0 aliphatic carbocycles. The Kier molecular flexibility index (Phi) is 22.1. The molecule has 4 heterocycles. The zero-order valence-corrected chi connectivity index (χ0v) is 36.9. The maximum absolute atomic E-state index is 5.53. The third kappa shape index (κ3) is 14.7. The Morgan fingerprint density at radius 3 is 1.02 bits per heavy atom. The van der Waals surface area contributed by atoms with Crippen LogP contribution in [0, 0.1) is 0 Å². The van der Waals surface area contributed by atoms with E-state index >= 15 is 0 Å². The Morgan fingerprint density at radius 2 is 0.673 bits per heavy atom. The second kappa shape index (κ2) is 26.5. The SMILES string of the molecule is CCCCCCCCc1ccsc1-c1nc(CCCCCCCC)c(-c2sc(-c3sccc3CCCCCCCC)nc2CCCCCCCC)s1. The highest BCUT2D eigenvalue weighted by Crippen LogP contribution is 2.46. The smallest absolute Gasteiger partial charge is 0.134 e. The van der Waals surface area contributed by atoms with Gasteiger partial charge in [-0.25, -0.2) is 9.97 Å². The van der Waals surface area contributed by atoms with Crippen LogP contribution in [0.3, 0.4) is 0 Å². The molecule has 0 unspecified atom stereocenters. The van der Waals surface area contributed by atoms with Gasteiger partial charge < -0.3 is 0 Å². The third-order valence-electron chi connectivity index (χ3n) is 10.6. The van der Waals surface area contributed by atoms with Gasteiger partial charge in [0.1, 0.15) is 10.0 Å². The zero-order valence-electron chi connectivity index (χ0n) is 33.6. The van der Waals surface area contributed by atoms with Crippen molar-refractivity contribution in [2.45, 2.75) is 207 Å². The summed E-state index contributed by atoms with van der Waals surface area (Å²) in [5, 5.41) is 7.14. The lowest BCUT2D eigenvalue weighted by Gasteiger charge is -2.04. The maximum Gasteiger partial charge on any atom is 0.134 e. The number of rotatable bonds is 31. The minimum absolute atomic E-state index is 1.09. The minimum atomic E-state index is 1.09. The predicted octanol–water partition coefficient (Wildman–Crippen LogP) is 17.3. The summed E-state index contributed by atoms with van der Waals surface area (Å²) >= 11 is 7.79. The monoisotopic (exact) mass is 780 g/mol. The molecule has 0 aliphatic heterocycles. The number of aromatic nitrogens is 2. The molecule has 0 aliphatic rings. The van der Waals surface area contributed by atoms with Gasteiger partial charge in [-0.2, -0.15) is 0 Å². The summed E-state index contributed by atoms with van der Waals surface area (Å²) in [7, 11) is 0. The van der Waals surface area contributed by atoms with Crippen LogP contribution in [-0.4, -0.2) is 9.97 Å². The molecule has 6 heteroatoms. The van der Waals surface area contributed by atoms with E-state index in [1.807, 2.05) is 45.3 Å². The van der Waals surface area contributed by atoms with Crippen LogP contribution in [-0.2, 0) is 25.7 Å². The van der Waals surface area contributed by atoms with Crippen LogP contribution in [0.1, 0.15) is 204 Å². The van der Waals surface area contributed by atoms with Gasteiger partial charge in [-0.3, -0.25) is 0 Å². The number of thiophene rings is 2. The second-order valence-electron chi connectivity index (χ2n) is 15.2. The maximum atomic E-state index is 5.53. The Bertz CT molecular complexity index is 1360. The van der Waals surface area contributed by atoms with Crippen molar-refractivity contribution in [1.29, 1.82) is 0 Å². The van der Waals surface area contributed by atoms with Crippen LogP contribution in [0.15, 0.2) is 22.9 Å². The molecule has 0 amide bonds. The number of hydrogen-bond donors (Lipinski definition) is 0. The van der Waals surface area contributed by atoms with Crippen molar-refractivity contribution in [2.24, 2.45) is 0 Å². The van der Waals surface area contributed by atoms with Crippen molar-refractivity contribution >= 4 is 45.3 Å². The summed E-state index contributed by atoms with van der Waals surface area (Å²) < 4.78 is 0. The van der Waals surface area contributed by atoms with Crippen LogP contribution < -0.4 is 0 Å². The molecule has 0 fully saturated rings. The second-order valence-corrected chi connectivity index (χ2v) is 19.0. The molecular weight excluding hydrogens is 709 g/mol. The molecule has 0 aromatic carbocycles. The Hall–Kier alpha value is -1.34. The fourth-order valence-electron chi connectivity index (χ4n) is 7.37. The summed E-state index contributed by atoms with van der Waals surface area (Å²) in [5.41, 5.74) is 5.71. The molecule has 0 radical (unpaired) electrons. The predicted molar refractivity (Wildman–Crippen MR) is 238 cm³/mol. The van der Waals surface area contributed by atoms with Crippen molar-refractivity contribution < 1.29 is 0 Å². The van der Waals surface area contributed by atoms with Gasteiger partial charge in [0.2, 0.25) is 0 Å². The highest BCUT2D eigenvalue weighted by Gasteiger charge is 2.24. The van der Waals surface area contributed by atoms with E-state index in [2.05, 4.69) is 50.6 Å². The van der Waals surface area contributed by atoms with Crippen molar-refractivity contribution in [3.8, 4) is 29.5 Å². The molecule has 52 heavy (non-hydrogen) atoms. The van der Waals surface area contributed by atoms with E-state index in [-0.39, 0.29) is 0 Å². The molecule has 4 aromatic rings. The molecule has 0 bridgehead atoms. The first-order valence-electron chi connectivity index (χ1n) is 21.8. The van der Waals surface area contributed by atoms with Gasteiger partial charge in [0, 0.05) is 0 Å². The molecular formula is C46H72N2S4. The van der Waals surface area contributed by atoms with Crippen LogP contribution in [0.5, 0.6) is 0 Å². The van der Waals surface area contributed by atoms with E-state index in [1.54, 1.807) is 0 Å². The van der Waals surface area contributed by atoms with Gasteiger partial charge >= 0.3 is 0 Å². The highest BCUT2D eigenvalue weighted by atomic mass is 32.1. The largest absolute Gasteiger partial charge is 0.240 e. The first-order valence-corrected chi connectivity index (χ1v) is 25.2. The van der Waals surface area contributed by atoms with Gasteiger partial charge in [-0.1, -0.05) is 156 Å². The van der Waals surface area contributed by atoms with Gasteiger partial charge in [0.25, 0.3) is 0 Å². The number of thiazole rings is 2. The van der Waals surface area contributed by atoms with Crippen LogP contribution >= 0.6 is 45.3 Å². The van der Waals surface area contributed by atoms with Crippen LogP contribution in [0.4, 0.5) is 0 Å². The summed E-state index contributed by atoms with van der Waals surface area (Å²) in [6, 6.07) is 4.77. The zero-order chi connectivity index (χ0) is 36.6. The Labute approximate surface area is 335 Å². The van der Waals surface area contributed by atoms with Gasteiger partial charge in [0.05, 0.1) is 30.9 Å². The van der Waals surface area contributed by atoms with Crippen molar-refractivity contribution in [3.63, 3.8) is 0 Å². The van der Waals surface area contributed by atoms with Crippen molar-refractivity contribution in [3.05, 3.63) is 45.4 Å². The normalized spacial score (nSPS) is 11.7. The van der Waals surface area contributed by atoms with E-state index in [4.69, 9.17) is 9.97 Å². The quantitative estimate of drug-likeness (QED) is 0.0475. The first-order chi connectivity index (χ1) is 25.7. The van der Waals surface area contributed by atoms with Crippen molar-refractivity contribution in [1.82, 2.24) is 9.97 Å². The van der Waals surface area contributed by atoms with Crippen molar-refractivity contribution in [2.75, 3.05) is 0 Å². The molecule has 4 aromatic heterocycles. The van der Waals surface area contributed by atoms with Crippen LogP contribution in [0.25, 0.3) is 29.5 Å². The Balaban J connectivity index is 1.61. The lowest BCUT2D eigenvalue weighted by Crippen LogP contribution is -1.93. The summed E-state index contributed by atoms with van der Waals surface area (Å²) in [6.07, 6.45) is 36.6. The van der Waals surface area contributed by atoms with E-state index < -0.39 is 0 Å². The summed E-state index contributed by atoms with van der Waals surface area (Å²) in [6.45, 7) is 9.24. The van der Waals surface area contributed by atoms with E-state index in [0.717, 1.165) is 12.8 Å². The number of aryl methyl sites for hydroxylation is 4. The Morgan fingerprint density at radius 1 is 0.365 bits per heavy atom. The highest BCUT2D eigenvalue weighted by molar-refractivity contribution is 7.28. The molecule has 0 spiro atoms. The molecule has 0 atom stereocenters. The van der Waals surface area contributed by atoms with Gasteiger partial charge in [-0.15, -0.1) is 45.3 Å². The van der Waals surface area contributed by atoms with Gasteiger partial charge in [0.15, 0.2) is 0 Å². The average Bonchev–Trinajstić information content (AvgIpc) is 3.97. The molecule has 2 nitrogen and oxygen atoms in total. The third-order valence-corrected chi connectivity index (χ3v) is 15.2. The van der Waals surface area contributed by atoms with Crippen LogP contribution in [0.2, 0.25) is 0 Å². The molecule has 0 saturated heterocycles. The standard InChI is InChI=1S/C46H72N2S4/c1-5-9-13-17-21-25-29-37-33-35-49-41(37)45-47-39(31-27-23-19-15-11-7-3)43(51-45)44-40(32-28-24-20-16-12-8-4)48-46(52-44)42-38(34-36-50-42)30-26-22-18-14-10-6-2/h33-36H,5-32H2,1-4H3. The molecule has 4 rings (SSSR count). The number of nitrogens with zero attached hydrogens (tertiary/aromatic N) is 2. The first kappa shape index (κ1) is 43.4. The van der Waals surface area contributed by atoms with Gasteiger partial charge in [-0.05, 0) is 85.4 Å². The lowest BCUT2D eigenvalue weighted by atomic mass is 10.0. The number of hydrogen-bond acceptors (Lipinski definition) is 6. The minimum Gasteiger partial charge on any atom is -0.240 e. The molecule has 290 valence electrons. The van der Waals surface area contributed by atoms with E-state index in [9.17, 15) is 0 Å². The fraction of sp³-hybridized carbons (Fsp3) is 0.696. The topological polar surface area (TPSA) is 25.8 Å². The van der Waals surface area contributed by atoms with E-state index in [0.29, 0.717) is 0 Å². The fourth-order valence-corrected chi connectivity index (χ4v) is 11.9. The summed E-state index contributed by atoms with van der Waals surface area (Å²) in [5.74, 6) is 0. The molecule has 0 N–H and O–H groups in total. The molecule has 0 saturated carbocycles. The average molecular weight is 781 g/mol.